The van der Waals surface area contributed by atoms with Crippen molar-refractivity contribution in [2.75, 3.05) is 10.7 Å². The third-order valence-corrected chi connectivity index (χ3v) is 3.19. The van der Waals surface area contributed by atoms with Gasteiger partial charge in [-0.3, -0.25) is 5.43 Å². The van der Waals surface area contributed by atoms with Crippen molar-refractivity contribution < 1.29 is 0 Å². The van der Waals surface area contributed by atoms with Gasteiger partial charge in [0.25, 0.3) is 0 Å². The molecule has 1 aliphatic carbocycles. The number of aromatic nitrogens is 2. The second-order valence-electron chi connectivity index (χ2n) is 4.70. The maximum Gasteiger partial charge on any atom is 0.239 e. The lowest BCUT2D eigenvalue weighted by Crippen LogP contribution is -2.20. The molecule has 0 bridgehead atoms. The fourth-order valence-corrected chi connectivity index (χ4v) is 2.34. The molecule has 2 rings (SSSR count). The molecule has 17 heavy (non-hydrogen) atoms. The molecule has 1 heterocycles. The maximum atomic E-state index is 5.34. The van der Waals surface area contributed by atoms with E-state index in [0.717, 1.165) is 11.5 Å². The molecule has 1 aromatic rings. The monoisotopic (exact) mass is 235 g/mol. The highest BCUT2D eigenvalue weighted by atomic mass is 15.3. The molecule has 0 amide bonds. The molecular weight excluding hydrogens is 214 g/mol. The fraction of sp³-hybridized carbons (Fsp3) is 0.667. The van der Waals surface area contributed by atoms with Crippen LogP contribution >= 0.6 is 0 Å². The molecule has 0 aliphatic heterocycles. The second-order valence-corrected chi connectivity index (χ2v) is 4.70. The van der Waals surface area contributed by atoms with Crippen LogP contribution in [0.1, 0.15) is 44.2 Å². The summed E-state index contributed by atoms with van der Waals surface area (Å²) in [6.07, 6.45) is 7.80. The lowest BCUT2D eigenvalue weighted by Gasteiger charge is -2.17. The van der Waals surface area contributed by atoms with Gasteiger partial charge in [0.15, 0.2) is 0 Å². The van der Waals surface area contributed by atoms with E-state index in [1.807, 2.05) is 13.0 Å². The minimum absolute atomic E-state index is 0.473. The van der Waals surface area contributed by atoms with Gasteiger partial charge in [0.1, 0.15) is 5.82 Å². The topological polar surface area (TPSA) is 75.9 Å². The molecule has 0 radical (unpaired) electrons. The molecule has 1 aliphatic rings. The van der Waals surface area contributed by atoms with E-state index >= 15 is 0 Å². The predicted molar refractivity (Wildman–Crippen MR) is 69.7 cm³/mol. The normalized spacial score (nSPS) is 17.5. The van der Waals surface area contributed by atoms with Crippen LogP contribution in [0.15, 0.2) is 6.07 Å². The van der Waals surface area contributed by atoms with Gasteiger partial charge in [0.05, 0.1) is 0 Å². The minimum atomic E-state index is 0.473. The number of rotatable bonds is 3. The summed E-state index contributed by atoms with van der Waals surface area (Å²) >= 11 is 0. The van der Waals surface area contributed by atoms with Crippen molar-refractivity contribution in [3.63, 3.8) is 0 Å². The Hall–Kier alpha value is -1.36. The number of nitrogens with one attached hydrogen (secondary N) is 2. The number of hydrogen-bond donors (Lipinski definition) is 3. The highest BCUT2D eigenvalue weighted by Crippen LogP contribution is 2.20. The van der Waals surface area contributed by atoms with E-state index in [4.69, 9.17) is 5.84 Å². The van der Waals surface area contributed by atoms with Crippen molar-refractivity contribution in [3.05, 3.63) is 11.8 Å². The Balaban J connectivity index is 2.03. The molecular formula is C12H21N5. The summed E-state index contributed by atoms with van der Waals surface area (Å²) in [6.45, 7) is 1.95. The lowest BCUT2D eigenvalue weighted by atomic mass is 10.1. The van der Waals surface area contributed by atoms with Crippen LogP contribution < -0.4 is 16.6 Å². The Labute approximate surface area is 102 Å². The molecule has 0 unspecified atom stereocenters. The van der Waals surface area contributed by atoms with Crippen LogP contribution in [0.2, 0.25) is 0 Å². The molecule has 94 valence electrons. The summed E-state index contributed by atoms with van der Waals surface area (Å²) in [5, 5.41) is 3.49. The minimum Gasteiger partial charge on any atom is -0.367 e. The van der Waals surface area contributed by atoms with Crippen molar-refractivity contribution in [3.8, 4) is 0 Å². The fourth-order valence-electron chi connectivity index (χ4n) is 2.34. The SMILES string of the molecule is Cc1cc(NC2CCCCCC2)nc(NN)n1. The van der Waals surface area contributed by atoms with Crippen LogP contribution in [0.3, 0.4) is 0 Å². The van der Waals surface area contributed by atoms with Crippen LogP contribution in [0, 0.1) is 6.92 Å². The van der Waals surface area contributed by atoms with Gasteiger partial charge in [-0.2, -0.15) is 4.98 Å². The Morgan fingerprint density at radius 2 is 1.88 bits per heavy atom. The summed E-state index contributed by atoms with van der Waals surface area (Å²) in [6, 6.07) is 2.50. The van der Waals surface area contributed by atoms with E-state index in [0.29, 0.717) is 12.0 Å². The number of hydrogen-bond acceptors (Lipinski definition) is 5. The van der Waals surface area contributed by atoms with Gasteiger partial charge >= 0.3 is 0 Å². The number of aryl methyl sites for hydroxylation is 1. The molecule has 4 N–H and O–H groups in total. The van der Waals surface area contributed by atoms with E-state index in [9.17, 15) is 0 Å². The van der Waals surface area contributed by atoms with Crippen LogP contribution in [0.25, 0.3) is 0 Å². The van der Waals surface area contributed by atoms with Crippen molar-refractivity contribution in [1.82, 2.24) is 9.97 Å². The van der Waals surface area contributed by atoms with Crippen LogP contribution in [-0.4, -0.2) is 16.0 Å². The second kappa shape index (κ2) is 5.82. The zero-order valence-corrected chi connectivity index (χ0v) is 10.4. The molecule has 0 aromatic carbocycles. The number of nitrogens with two attached hydrogens (primary N) is 1. The van der Waals surface area contributed by atoms with Gasteiger partial charge in [0, 0.05) is 17.8 Å². The van der Waals surface area contributed by atoms with Gasteiger partial charge in [0.2, 0.25) is 5.95 Å². The molecule has 1 aromatic heterocycles. The molecule has 5 nitrogen and oxygen atoms in total. The smallest absolute Gasteiger partial charge is 0.239 e. The van der Waals surface area contributed by atoms with Crippen LogP contribution in [0.4, 0.5) is 11.8 Å². The van der Waals surface area contributed by atoms with Gasteiger partial charge in [-0.1, -0.05) is 25.7 Å². The van der Waals surface area contributed by atoms with Gasteiger partial charge in [-0.05, 0) is 19.8 Å². The third kappa shape index (κ3) is 3.56. The molecule has 5 heteroatoms. The zero-order valence-electron chi connectivity index (χ0n) is 10.4. The van der Waals surface area contributed by atoms with E-state index in [1.54, 1.807) is 0 Å². The summed E-state index contributed by atoms with van der Waals surface area (Å²) < 4.78 is 0. The lowest BCUT2D eigenvalue weighted by molar-refractivity contribution is 0.617. The molecule has 1 saturated carbocycles. The predicted octanol–water partition coefficient (Wildman–Crippen LogP) is 2.21. The summed E-state index contributed by atoms with van der Waals surface area (Å²) in [5.74, 6) is 6.69. The van der Waals surface area contributed by atoms with Crippen molar-refractivity contribution in [2.24, 2.45) is 5.84 Å². The van der Waals surface area contributed by atoms with Crippen molar-refractivity contribution in [1.29, 1.82) is 0 Å². The average molecular weight is 235 g/mol. The highest BCUT2D eigenvalue weighted by Gasteiger charge is 2.12. The first-order valence-corrected chi connectivity index (χ1v) is 6.37. The number of nitrogens with zero attached hydrogens (tertiary/aromatic N) is 2. The number of hydrazine groups is 1. The van der Waals surface area contributed by atoms with E-state index in [2.05, 4.69) is 20.7 Å². The summed E-state index contributed by atoms with van der Waals surface area (Å²) in [5.41, 5.74) is 3.42. The van der Waals surface area contributed by atoms with Crippen LogP contribution in [-0.2, 0) is 0 Å². The van der Waals surface area contributed by atoms with Crippen LogP contribution in [0.5, 0.6) is 0 Å². The third-order valence-electron chi connectivity index (χ3n) is 3.19. The summed E-state index contributed by atoms with van der Waals surface area (Å²) in [7, 11) is 0. The maximum absolute atomic E-state index is 5.34. The highest BCUT2D eigenvalue weighted by molar-refractivity contribution is 5.42. The van der Waals surface area contributed by atoms with Gasteiger partial charge in [-0.15, -0.1) is 0 Å². The van der Waals surface area contributed by atoms with E-state index in [-0.39, 0.29) is 0 Å². The Kier molecular flexibility index (Phi) is 4.14. The van der Waals surface area contributed by atoms with Gasteiger partial charge < -0.3 is 5.32 Å². The zero-order chi connectivity index (χ0) is 12.1. The van der Waals surface area contributed by atoms with E-state index < -0.39 is 0 Å². The van der Waals surface area contributed by atoms with Crippen molar-refractivity contribution in [2.45, 2.75) is 51.5 Å². The Bertz CT molecular complexity index is 358. The average Bonchev–Trinajstić information content (AvgIpc) is 2.57. The Morgan fingerprint density at radius 1 is 1.18 bits per heavy atom. The molecule has 1 fully saturated rings. The quantitative estimate of drug-likeness (QED) is 0.425. The Morgan fingerprint density at radius 3 is 2.53 bits per heavy atom. The first kappa shape index (κ1) is 12.1. The standard InChI is InChI=1S/C12H21N5/c1-9-8-11(16-12(14-9)17-13)15-10-6-4-2-3-5-7-10/h8,10H,2-7,13H2,1H3,(H2,14,15,16,17). The number of anilines is 2. The molecule has 0 spiro atoms. The first-order chi connectivity index (χ1) is 8.28. The van der Waals surface area contributed by atoms with E-state index in [1.165, 1.54) is 38.5 Å². The first-order valence-electron chi connectivity index (χ1n) is 6.37. The van der Waals surface area contributed by atoms with Gasteiger partial charge in [-0.25, -0.2) is 10.8 Å². The molecule has 0 atom stereocenters. The summed E-state index contributed by atoms with van der Waals surface area (Å²) in [4.78, 5) is 8.50. The molecule has 0 saturated heterocycles. The number of nitrogen functional groups attached to an aromatic ring is 1. The largest absolute Gasteiger partial charge is 0.367 e. The van der Waals surface area contributed by atoms with Crippen molar-refractivity contribution >= 4 is 11.8 Å².